The summed E-state index contributed by atoms with van der Waals surface area (Å²) in [5.41, 5.74) is 1.21. The van der Waals surface area contributed by atoms with Crippen LogP contribution in [0.1, 0.15) is 40.7 Å². The number of carbonyl (C=O) groups excluding carboxylic acids is 1. The molecule has 5 rings (SSSR count). The molecule has 0 radical (unpaired) electrons. The molecule has 168 valence electrons. The van der Waals surface area contributed by atoms with Gasteiger partial charge < -0.3 is 9.32 Å². The molecule has 3 aromatic carbocycles. The SMILES string of the molecule is O=C(c1ccc(Cl)cc1)N1CCCC1c1nc2cc(-c3ccccc3C(F)(F)F)ccc2o1. The third-order valence-electron chi connectivity index (χ3n) is 5.84. The Morgan fingerprint density at radius 3 is 2.58 bits per heavy atom. The van der Waals surface area contributed by atoms with E-state index in [4.69, 9.17) is 16.0 Å². The Labute approximate surface area is 192 Å². The molecule has 1 aliphatic rings. The molecule has 1 saturated heterocycles. The Morgan fingerprint density at radius 1 is 1.06 bits per heavy atom. The first-order valence-corrected chi connectivity index (χ1v) is 10.8. The molecule has 1 aliphatic heterocycles. The molecule has 1 atom stereocenters. The predicted molar refractivity (Wildman–Crippen MR) is 119 cm³/mol. The molecule has 33 heavy (non-hydrogen) atoms. The fraction of sp³-hybridized carbons (Fsp3) is 0.200. The van der Waals surface area contributed by atoms with Crippen LogP contribution in [0.4, 0.5) is 13.2 Å². The van der Waals surface area contributed by atoms with Crippen molar-refractivity contribution in [3.63, 3.8) is 0 Å². The van der Waals surface area contributed by atoms with E-state index < -0.39 is 11.7 Å². The number of alkyl halides is 3. The molecule has 8 heteroatoms. The number of likely N-dealkylation sites (tertiary alicyclic amines) is 1. The first-order chi connectivity index (χ1) is 15.8. The zero-order valence-electron chi connectivity index (χ0n) is 17.3. The molecule has 1 aromatic heterocycles. The average molecular weight is 471 g/mol. The van der Waals surface area contributed by atoms with E-state index in [0.29, 0.717) is 46.1 Å². The number of rotatable bonds is 3. The molecule has 0 N–H and O–H groups in total. The lowest BCUT2D eigenvalue weighted by Gasteiger charge is -2.22. The molecule has 2 heterocycles. The van der Waals surface area contributed by atoms with Crippen LogP contribution in [0.2, 0.25) is 5.02 Å². The standard InChI is InChI=1S/C25H18ClF3N2O2/c26-17-10-7-15(8-11-17)24(32)31-13-3-6-21(31)23-30-20-14-16(9-12-22(20)33-23)18-4-1-2-5-19(18)25(27,28)29/h1-2,4-5,7-12,14,21H,3,6,13H2. The van der Waals surface area contributed by atoms with Crippen molar-refractivity contribution in [1.29, 1.82) is 0 Å². The summed E-state index contributed by atoms with van der Waals surface area (Å²) in [6.45, 7) is 0.565. The molecule has 4 aromatic rings. The topological polar surface area (TPSA) is 46.3 Å². The lowest BCUT2D eigenvalue weighted by atomic mass is 9.99. The Bertz CT molecular complexity index is 1330. The van der Waals surface area contributed by atoms with Crippen molar-refractivity contribution >= 4 is 28.6 Å². The maximum absolute atomic E-state index is 13.5. The molecule has 1 fully saturated rings. The number of carbonyl (C=O) groups is 1. The monoisotopic (exact) mass is 470 g/mol. The van der Waals surface area contributed by atoms with E-state index in [2.05, 4.69) is 4.98 Å². The number of hydrogen-bond donors (Lipinski definition) is 0. The molecule has 0 bridgehead atoms. The van der Waals surface area contributed by atoms with Gasteiger partial charge in [0, 0.05) is 17.1 Å². The lowest BCUT2D eigenvalue weighted by molar-refractivity contribution is -0.137. The van der Waals surface area contributed by atoms with Crippen LogP contribution in [0.5, 0.6) is 0 Å². The Balaban J connectivity index is 1.48. The highest BCUT2D eigenvalue weighted by atomic mass is 35.5. The summed E-state index contributed by atoms with van der Waals surface area (Å²) in [5.74, 6) is 0.238. The van der Waals surface area contributed by atoms with Gasteiger partial charge in [0.25, 0.3) is 5.91 Å². The number of oxazole rings is 1. The number of aromatic nitrogens is 1. The van der Waals surface area contributed by atoms with Crippen LogP contribution in [-0.4, -0.2) is 22.3 Å². The number of nitrogens with zero attached hydrogens (tertiary/aromatic N) is 2. The van der Waals surface area contributed by atoms with Crippen molar-refractivity contribution in [2.75, 3.05) is 6.54 Å². The van der Waals surface area contributed by atoms with Crippen molar-refractivity contribution in [1.82, 2.24) is 9.88 Å². The van der Waals surface area contributed by atoms with Gasteiger partial charge in [-0.2, -0.15) is 13.2 Å². The smallest absolute Gasteiger partial charge is 0.417 e. The molecule has 1 amide bonds. The number of fused-ring (bicyclic) bond motifs is 1. The van der Waals surface area contributed by atoms with E-state index in [1.807, 2.05) is 0 Å². The minimum absolute atomic E-state index is 0.0804. The van der Waals surface area contributed by atoms with Crippen molar-refractivity contribution in [3.8, 4) is 11.1 Å². The van der Waals surface area contributed by atoms with E-state index in [1.165, 1.54) is 12.1 Å². The number of amides is 1. The van der Waals surface area contributed by atoms with E-state index in [9.17, 15) is 18.0 Å². The van der Waals surface area contributed by atoms with Crippen molar-refractivity contribution in [2.24, 2.45) is 0 Å². The molecule has 0 saturated carbocycles. The van der Waals surface area contributed by atoms with Gasteiger partial charge in [-0.1, -0.05) is 35.9 Å². The van der Waals surface area contributed by atoms with Gasteiger partial charge in [0.05, 0.1) is 5.56 Å². The molecular weight excluding hydrogens is 453 g/mol. The Kier molecular flexibility index (Phi) is 5.37. The Morgan fingerprint density at radius 2 is 1.82 bits per heavy atom. The third-order valence-corrected chi connectivity index (χ3v) is 6.09. The van der Waals surface area contributed by atoms with Crippen LogP contribution >= 0.6 is 11.6 Å². The highest BCUT2D eigenvalue weighted by Crippen LogP contribution is 2.39. The number of halogens is 4. The maximum atomic E-state index is 13.5. The summed E-state index contributed by atoms with van der Waals surface area (Å²) in [5, 5.41) is 0.548. The minimum Gasteiger partial charge on any atom is -0.438 e. The third kappa shape index (κ3) is 4.09. The zero-order chi connectivity index (χ0) is 23.2. The van der Waals surface area contributed by atoms with Crippen LogP contribution in [-0.2, 0) is 6.18 Å². The number of hydrogen-bond acceptors (Lipinski definition) is 3. The summed E-state index contributed by atoms with van der Waals surface area (Å²) >= 11 is 5.93. The van der Waals surface area contributed by atoms with Crippen LogP contribution in [0, 0.1) is 0 Å². The average Bonchev–Trinajstić information content (AvgIpc) is 3.45. The highest BCUT2D eigenvalue weighted by molar-refractivity contribution is 6.30. The molecule has 0 spiro atoms. The van der Waals surface area contributed by atoms with E-state index >= 15 is 0 Å². The summed E-state index contributed by atoms with van der Waals surface area (Å²) in [4.78, 5) is 19.3. The van der Waals surface area contributed by atoms with Gasteiger partial charge in [0.2, 0.25) is 5.89 Å². The first-order valence-electron chi connectivity index (χ1n) is 10.4. The minimum atomic E-state index is -4.47. The molecule has 1 unspecified atom stereocenters. The second-order valence-corrected chi connectivity index (χ2v) is 8.38. The van der Waals surface area contributed by atoms with E-state index in [1.54, 1.807) is 53.4 Å². The van der Waals surface area contributed by atoms with Crippen LogP contribution in [0.3, 0.4) is 0 Å². The summed E-state index contributed by atoms with van der Waals surface area (Å²) < 4.78 is 46.3. The number of benzene rings is 3. The quantitative estimate of drug-likeness (QED) is 0.319. The van der Waals surface area contributed by atoms with Crippen LogP contribution in [0.15, 0.2) is 71.1 Å². The van der Waals surface area contributed by atoms with Gasteiger partial charge in [-0.25, -0.2) is 4.98 Å². The van der Waals surface area contributed by atoms with Gasteiger partial charge in [0.15, 0.2) is 5.58 Å². The van der Waals surface area contributed by atoms with Gasteiger partial charge in [-0.3, -0.25) is 4.79 Å². The molecular formula is C25H18ClF3N2O2. The van der Waals surface area contributed by atoms with Gasteiger partial charge in [0.1, 0.15) is 11.6 Å². The predicted octanol–water partition coefficient (Wildman–Crippen LogP) is 7.14. The van der Waals surface area contributed by atoms with Crippen LogP contribution in [0.25, 0.3) is 22.2 Å². The van der Waals surface area contributed by atoms with Gasteiger partial charge in [-0.15, -0.1) is 0 Å². The van der Waals surface area contributed by atoms with Crippen molar-refractivity contribution in [3.05, 3.63) is 88.8 Å². The lowest BCUT2D eigenvalue weighted by Crippen LogP contribution is -2.30. The summed E-state index contributed by atoms with van der Waals surface area (Å²) in [7, 11) is 0. The van der Waals surface area contributed by atoms with Gasteiger partial charge in [-0.05, 0) is 66.4 Å². The fourth-order valence-electron chi connectivity index (χ4n) is 4.26. The largest absolute Gasteiger partial charge is 0.438 e. The normalized spacial score (nSPS) is 16.5. The van der Waals surface area contributed by atoms with Crippen molar-refractivity contribution < 1.29 is 22.4 Å². The second kappa shape index (κ2) is 8.23. The van der Waals surface area contributed by atoms with Crippen LogP contribution < -0.4 is 0 Å². The highest BCUT2D eigenvalue weighted by Gasteiger charge is 2.35. The Hall–Kier alpha value is -3.32. The summed E-state index contributed by atoms with van der Waals surface area (Å²) in [6.07, 6.45) is -2.98. The molecule has 0 aliphatic carbocycles. The molecule has 4 nitrogen and oxygen atoms in total. The first kappa shape index (κ1) is 21.5. The fourth-order valence-corrected chi connectivity index (χ4v) is 4.39. The maximum Gasteiger partial charge on any atom is 0.417 e. The van der Waals surface area contributed by atoms with Crippen molar-refractivity contribution in [2.45, 2.75) is 25.1 Å². The summed E-state index contributed by atoms with van der Waals surface area (Å²) in [6, 6.07) is 16.6. The van der Waals surface area contributed by atoms with E-state index in [-0.39, 0.29) is 17.5 Å². The van der Waals surface area contributed by atoms with Gasteiger partial charge >= 0.3 is 6.18 Å². The zero-order valence-corrected chi connectivity index (χ0v) is 18.0. The van der Waals surface area contributed by atoms with E-state index in [0.717, 1.165) is 12.5 Å². The second-order valence-electron chi connectivity index (χ2n) is 7.94.